The summed E-state index contributed by atoms with van der Waals surface area (Å²) in [4.78, 5) is 12.1. The molecule has 18 heavy (non-hydrogen) atoms. The molecule has 0 fully saturated rings. The van der Waals surface area contributed by atoms with E-state index in [1.165, 1.54) is 11.8 Å². The molecule has 100 valence electrons. The zero-order chi connectivity index (χ0) is 13.6. The molecule has 0 saturated heterocycles. The van der Waals surface area contributed by atoms with E-state index in [4.69, 9.17) is 5.11 Å². The molecule has 3 nitrogen and oxygen atoms in total. The molecule has 0 aliphatic rings. The van der Waals surface area contributed by atoms with Crippen LogP contribution in [0.15, 0.2) is 35.2 Å². The lowest BCUT2D eigenvalue weighted by Crippen LogP contribution is -2.41. The van der Waals surface area contributed by atoms with E-state index in [0.29, 0.717) is 0 Å². The van der Waals surface area contributed by atoms with Gasteiger partial charge in [-0.25, -0.2) is 0 Å². The third-order valence-electron chi connectivity index (χ3n) is 1.98. The van der Waals surface area contributed by atoms with Gasteiger partial charge >= 0.3 is 6.18 Å². The summed E-state index contributed by atoms with van der Waals surface area (Å²) < 4.78 is 35.8. The molecular weight excluding hydrogens is 267 g/mol. The third-order valence-corrected chi connectivity index (χ3v) is 3.00. The van der Waals surface area contributed by atoms with Crippen LogP contribution in [0.1, 0.15) is 0 Å². The van der Waals surface area contributed by atoms with Gasteiger partial charge in [0.25, 0.3) is 0 Å². The van der Waals surface area contributed by atoms with E-state index < -0.39 is 24.7 Å². The van der Waals surface area contributed by atoms with Gasteiger partial charge in [0.05, 0.1) is 12.3 Å². The Morgan fingerprint density at radius 2 is 1.94 bits per heavy atom. The van der Waals surface area contributed by atoms with Gasteiger partial charge in [-0.05, 0) is 12.1 Å². The van der Waals surface area contributed by atoms with Crippen molar-refractivity contribution in [3.63, 3.8) is 0 Å². The second kappa shape index (κ2) is 6.65. The zero-order valence-corrected chi connectivity index (χ0v) is 10.1. The number of benzene rings is 1. The van der Waals surface area contributed by atoms with Crippen molar-refractivity contribution in [3.05, 3.63) is 30.3 Å². The molecule has 0 saturated carbocycles. The fourth-order valence-corrected chi connectivity index (χ4v) is 1.79. The Bertz CT molecular complexity index is 384. The van der Waals surface area contributed by atoms with Gasteiger partial charge in [0.1, 0.15) is 0 Å². The molecule has 1 rings (SSSR count). The SMILES string of the molecule is O=C(CSc1ccccc1)NCC(O)C(F)(F)F. The summed E-state index contributed by atoms with van der Waals surface area (Å²) in [5.41, 5.74) is 0. The fraction of sp³-hybridized carbons (Fsp3) is 0.364. The van der Waals surface area contributed by atoms with Crippen molar-refractivity contribution >= 4 is 17.7 Å². The maximum Gasteiger partial charge on any atom is 0.416 e. The smallest absolute Gasteiger partial charge is 0.382 e. The molecule has 1 unspecified atom stereocenters. The molecule has 0 spiro atoms. The molecule has 0 aliphatic carbocycles. The molecule has 1 amide bonds. The van der Waals surface area contributed by atoms with Crippen LogP contribution in [-0.2, 0) is 4.79 Å². The van der Waals surface area contributed by atoms with Crippen LogP contribution in [-0.4, -0.2) is 35.6 Å². The fourth-order valence-electron chi connectivity index (χ4n) is 1.04. The number of hydrogen-bond donors (Lipinski definition) is 2. The van der Waals surface area contributed by atoms with E-state index in [0.717, 1.165) is 4.90 Å². The van der Waals surface area contributed by atoms with Crippen molar-refractivity contribution in [3.8, 4) is 0 Å². The van der Waals surface area contributed by atoms with Crippen molar-refractivity contribution in [1.29, 1.82) is 0 Å². The van der Waals surface area contributed by atoms with Crippen LogP contribution in [0.5, 0.6) is 0 Å². The molecule has 0 aliphatic heterocycles. The van der Waals surface area contributed by atoms with Crippen LogP contribution in [0.25, 0.3) is 0 Å². The van der Waals surface area contributed by atoms with Gasteiger partial charge in [-0.2, -0.15) is 13.2 Å². The summed E-state index contributed by atoms with van der Waals surface area (Å²) in [5.74, 6) is -0.540. The van der Waals surface area contributed by atoms with Crippen LogP contribution in [0.4, 0.5) is 13.2 Å². The van der Waals surface area contributed by atoms with E-state index in [2.05, 4.69) is 0 Å². The standard InChI is InChI=1S/C11H12F3NO2S/c12-11(13,14)9(16)6-15-10(17)7-18-8-4-2-1-3-5-8/h1-5,9,16H,6-7H2,(H,15,17). The third kappa shape index (κ3) is 5.42. The van der Waals surface area contributed by atoms with Gasteiger partial charge in [0, 0.05) is 4.90 Å². The molecular formula is C11H12F3NO2S. The highest BCUT2D eigenvalue weighted by Gasteiger charge is 2.38. The summed E-state index contributed by atoms with van der Waals surface area (Å²) >= 11 is 1.21. The van der Waals surface area contributed by atoms with E-state index in [1.807, 2.05) is 11.4 Å². The monoisotopic (exact) mass is 279 g/mol. The molecule has 1 aromatic carbocycles. The van der Waals surface area contributed by atoms with Gasteiger partial charge in [-0.1, -0.05) is 18.2 Å². The molecule has 0 heterocycles. The Balaban J connectivity index is 2.27. The molecule has 1 aromatic rings. The summed E-state index contributed by atoms with van der Waals surface area (Å²) in [6.45, 7) is -0.822. The highest BCUT2D eigenvalue weighted by Crippen LogP contribution is 2.19. The second-order valence-electron chi connectivity index (χ2n) is 3.46. The number of thioether (sulfide) groups is 1. The van der Waals surface area contributed by atoms with Gasteiger partial charge in [0.2, 0.25) is 5.91 Å². The number of hydrogen-bond acceptors (Lipinski definition) is 3. The first kappa shape index (κ1) is 14.8. The van der Waals surface area contributed by atoms with Crippen LogP contribution >= 0.6 is 11.8 Å². The van der Waals surface area contributed by atoms with Crippen LogP contribution in [0.3, 0.4) is 0 Å². The first-order valence-electron chi connectivity index (χ1n) is 5.09. The van der Waals surface area contributed by atoms with Crippen LogP contribution in [0, 0.1) is 0 Å². The molecule has 7 heteroatoms. The first-order valence-corrected chi connectivity index (χ1v) is 6.07. The number of rotatable bonds is 5. The summed E-state index contributed by atoms with van der Waals surface area (Å²) in [6, 6.07) is 9.01. The Morgan fingerprint density at radius 1 is 1.33 bits per heavy atom. The number of alkyl halides is 3. The topological polar surface area (TPSA) is 49.3 Å². The molecule has 0 bridgehead atoms. The maximum absolute atomic E-state index is 11.9. The maximum atomic E-state index is 11.9. The number of carbonyl (C=O) groups is 1. The predicted molar refractivity (Wildman–Crippen MR) is 62.2 cm³/mol. The predicted octanol–water partition coefficient (Wildman–Crippen LogP) is 1.82. The van der Waals surface area contributed by atoms with Gasteiger partial charge in [-0.3, -0.25) is 4.79 Å². The minimum Gasteiger partial charge on any atom is -0.382 e. The lowest BCUT2D eigenvalue weighted by molar-refractivity contribution is -0.201. The average molecular weight is 279 g/mol. The summed E-state index contributed by atoms with van der Waals surface area (Å²) in [5, 5.41) is 10.7. The summed E-state index contributed by atoms with van der Waals surface area (Å²) in [6.07, 6.45) is -7.23. The zero-order valence-electron chi connectivity index (χ0n) is 9.28. The lowest BCUT2D eigenvalue weighted by atomic mass is 10.3. The number of nitrogens with one attached hydrogen (secondary N) is 1. The van der Waals surface area contributed by atoms with Crippen molar-refractivity contribution in [2.24, 2.45) is 0 Å². The second-order valence-corrected chi connectivity index (χ2v) is 4.51. The Morgan fingerprint density at radius 3 is 2.50 bits per heavy atom. The average Bonchev–Trinajstić information content (AvgIpc) is 2.33. The van der Waals surface area contributed by atoms with Crippen molar-refractivity contribution in [1.82, 2.24) is 5.32 Å². The number of halogens is 3. The highest BCUT2D eigenvalue weighted by atomic mass is 32.2. The van der Waals surface area contributed by atoms with Crippen LogP contribution in [0.2, 0.25) is 0 Å². The van der Waals surface area contributed by atoms with E-state index in [-0.39, 0.29) is 5.75 Å². The minimum atomic E-state index is -4.71. The van der Waals surface area contributed by atoms with E-state index >= 15 is 0 Å². The minimum absolute atomic E-state index is 0.00852. The Hall–Kier alpha value is -1.21. The Labute approximate surface area is 106 Å². The van der Waals surface area contributed by atoms with Gasteiger partial charge in [0.15, 0.2) is 6.10 Å². The number of aliphatic hydroxyl groups is 1. The molecule has 1 atom stereocenters. The Kier molecular flexibility index (Phi) is 5.49. The number of aliphatic hydroxyl groups excluding tert-OH is 1. The first-order chi connectivity index (χ1) is 8.39. The summed E-state index contributed by atoms with van der Waals surface area (Å²) in [7, 11) is 0. The number of carbonyl (C=O) groups excluding carboxylic acids is 1. The quantitative estimate of drug-likeness (QED) is 0.808. The molecule has 0 radical (unpaired) electrons. The molecule has 2 N–H and O–H groups in total. The van der Waals surface area contributed by atoms with Gasteiger partial charge < -0.3 is 10.4 Å². The van der Waals surface area contributed by atoms with Crippen molar-refractivity contribution in [2.75, 3.05) is 12.3 Å². The van der Waals surface area contributed by atoms with Crippen molar-refractivity contribution < 1.29 is 23.1 Å². The normalized spacial score (nSPS) is 13.1. The number of amides is 1. The molecule has 0 aromatic heterocycles. The largest absolute Gasteiger partial charge is 0.416 e. The van der Waals surface area contributed by atoms with E-state index in [1.54, 1.807) is 24.3 Å². The van der Waals surface area contributed by atoms with Gasteiger partial charge in [-0.15, -0.1) is 11.8 Å². The van der Waals surface area contributed by atoms with Crippen molar-refractivity contribution in [2.45, 2.75) is 17.2 Å². The van der Waals surface area contributed by atoms with E-state index in [9.17, 15) is 18.0 Å². The lowest BCUT2D eigenvalue weighted by Gasteiger charge is -2.14. The van der Waals surface area contributed by atoms with Crippen LogP contribution < -0.4 is 5.32 Å². The highest BCUT2D eigenvalue weighted by molar-refractivity contribution is 8.00.